The molecule has 0 unspecified atom stereocenters. The SMILES string of the molecule is O=C(NC1(C(=O)Nc2ccc(Cl)c(Cl)c2F)CCNCC1)[C@@H]1Cc2ccccc2CN1C(=O)CCC(=O)N1CCCC2(CCC2)C1. The topological polar surface area (TPSA) is 111 Å². The lowest BCUT2D eigenvalue weighted by Gasteiger charge is -2.49. The van der Waals surface area contributed by atoms with Gasteiger partial charge in [-0.2, -0.15) is 0 Å². The summed E-state index contributed by atoms with van der Waals surface area (Å²) >= 11 is 11.9. The second-order valence-electron chi connectivity index (χ2n) is 13.3. The van der Waals surface area contributed by atoms with Crippen LogP contribution in [0, 0.1) is 11.2 Å². The van der Waals surface area contributed by atoms with E-state index >= 15 is 0 Å². The number of hydrogen-bond donors (Lipinski definition) is 3. The number of carbonyl (C=O) groups is 4. The molecule has 2 saturated heterocycles. The van der Waals surface area contributed by atoms with Crippen molar-refractivity contribution in [1.82, 2.24) is 20.4 Å². The first-order valence-electron chi connectivity index (χ1n) is 16.2. The molecule has 12 heteroatoms. The summed E-state index contributed by atoms with van der Waals surface area (Å²) in [5, 5.41) is 8.50. The van der Waals surface area contributed by atoms with Crippen LogP contribution in [0.5, 0.6) is 0 Å². The Balaban J connectivity index is 1.18. The quantitative estimate of drug-likeness (QED) is 0.365. The van der Waals surface area contributed by atoms with Crippen LogP contribution in [0.3, 0.4) is 0 Å². The Labute approximate surface area is 278 Å². The summed E-state index contributed by atoms with van der Waals surface area (Å²) in [5.41, 5.74) is 0.660. The molecule has 4 aliphatic rings. The molecule has 3 N–H and O–H groups in total. The summed E-state index contributed by atoms with van der Waals surface area (Å²) in [6.45, 7) is 2.62. The molecule has 246 valence electrons. The lowest BCUT2D eigenvalue weighted by Crippen LogP contribution is -2.65. The van der Waals surface area contributed by atoms with Gasteiger partial charge in [0.1, 0.15) is 11.6 Å². The number of amides is 4. The number of piperidine rings is 2. The zero-order chi connectivity index (χ0) is 32.5. The van der Waals surface area contributed by atoms with Gasteiger partial charge in [0.25, 0.3) is 0 Å². The Morgan fingerprint density at radius 1 is 0.913 bits per heavy atom. The number of fused-ring (bicyclic) bond motifs is 1. The number of nitrogens with one attached hydrogen (secondary N) is 3. The van der Waals surface area contributed by atoms with E-state index in [9.17, 15) is 23.6 Å². The number of nitrogens with zero attached hydrogens (tertiary/aromatic N) is 2. The van der Waals surface area contributed by atoms with E-state index in [4.69, 9.17) is 23.2 Å². The standard InChI is InChI=1S/C34H40Cl2FN5O4/c35-24-7-8-25(30(37)29(24)36)39-32(46)34(14-16-38-17-15-34)40-31(45)26-19-22-5-1-2-6-23(22)20-42(26)28(44)10-9-27(43)41-18-4-13-33(21-41)11-3-12-33/h1-2,5-8,26,38H,3-4,9-21H2,(H,39,46)(H,40,45)/t26-/m0/s1. The highest BCUT2D eigenvalue weighted by Crippen LogP contribution is 2.47. The molecule has 0 aromatic heterocycles. The van der Waals surface area contributed by atoms with E-state index in [1.165, 1.54) is 18.6 Å². The Kier molecular flexibility index (Phi) is 9.60. The van der Waals surface area contributed by atoms with Gasteiger partial charge in [0.05, 0.1) is 15.7 Å². The Hall–Kier alpha value is -3.21. The van der Waals surface area contributed by atoms with E-state index in [-0.39, 0.29) is 71.6 Å². The van der Waals surface area contributed by atoms with E-state index in [0.717, 1.165) is 49.9 Å². The second-order valence-corrected chi connectivity index (χ2v) is 14.1. The minimum atomic E-state index is -1.35. The molecule has 4 amide bonds. The van der Waals surface area contributed by atoms with Crippen molar-refractivity contribution in [3.63, 3.8) is 0 Å². The van der Waals surface area contributed by atoms with Crippen LogP contribution in [-0.4, -0.2) is 71.2 Å². The number of hydrogen-bond acceptors (Lipinski definition) is 5. The molecule has 0 radical (unpaired) electrons. The number of rotatable bonds is 7. The van der Waals surface area contributed by atoms with E-state index in [1.54, 1.807) is 4.90 Å². The largest absolute Gasteiger partial charge is 0.342 e. The smallest absolute Gasteiger partial charge is 0.250 e. The van der Waals surface area contributed by atoms with E-state index in [2.05, 4.69) is 16.0 Å². The van der Waals surface area contributed by atoms with Gasteiger partial charge in [-0.3, -0.25) is 19.2 Å². The van der Waals surface area contributed by atoms with Crippen molar-refractivity contribution in [2.75, 3.05) is 31.5 Å². The highest BCUT2D eigenvalue weighted by molar-refractivity contribution is 6.42. The third kappa shape index (κ3) is 6.62. The minimum Gasteiger partial charge on any atom is -0.342 e. The van der Waals surface area contributed by atoms with Gasteiger partial charge in [0, 0.05) is 38.9 Å². The van der Waals surface area contributed by atoms with Crippen LogP contribution in [-0.2, 0) is 32.1 Å². The fourth-order valence-corrected chi connectivity index (χ4v) is 7.80. The maximum absolute atomic E-state index is 14.9. The predicted octanol–water partition coefficient (Wildman–Crippen LogP) is 4.84. The van der Waals surface area contributed by atoms with Crippen LogP contribution < -0.4 is 16.0 Å². The molecule has 1 aliphatic carbocycles. The molecule has 1 atom stereocenters. The average molecular weight is 673 g/mol. The van der Waals surface area contributed by atoms with Crippen molar-refractivity contribution in [3.8, 4) is 0 Å². The number of carbonyl (C=O) groups excluding carboxylic acids is 4. The van der Waals surface area contributed by atoms with Gasteiger partial charge in [-0.1, -0.05) is 53.9 Å². The zero-order valence-electron chi connectivity index (χ0n) is 25.8. The molecule has 0 bridgehead atoms. The molecular weight excluding hydrogens is 632 g/mol. The molecule has 2 aromatic carbocycles. The highest BCUT2D eigenvalue weighted by Gasteiger charge is 2.45. The summed E-state index contributed by atoms with van der Waals surface area (Å²) in [5.74, 6) is -2.20. The van der Waals surface area contributed by atoms with Gasteiger partial charge >= 0.3 is 0 Å². The van der Waals surface area contributed by atoms with Crippen LogP contribution in [0.1, 0.15) is 68.9 Å². The molecule has 2 aromatic rings. The second kappa shape index (κ2) is 13.5. The van der Waals surface area contributed by atoms with Crippen LogP contribution in [0.2, 0.25) is 10.0 Å². The van der Waals surface area contributed by atoms with Gasteiger partial charge in [-0.25, -0.2) is 4.39 Å². The minimum absolute atomic E-state index is 0.000429. The fraction of sp³-hybridized carbons (Fsp3) is 0.529. The van der Waals surface area contributed by atoms with Gasteiger partial charge in [0.15, 0.2) is 5.82 Å². The first kappa shape index (κ1) is 32.7. The number of benzene rings is 2. The zero-order valence-corrected chi connectivity index (χ0v) is 27.3. The summed E-state index contributed by atoms with van der Waals surface area (Å²) in [7, 11) is 0. The van der Waals surface area contributed by atoms with Crippen molar-refractivity contribution in [2.45, 2.75) is 82.3 Å². The lowest BCUT2D eigenvalue weighted by molar-refractivity contribution is -0.146. The van der Waals surface area contributed by atoms with Crippen LogP contribution >= 0.6 is 23.2 Å². The van der Waals surface area contributed by atoms with E-state index < -0.39 is 29.2 Å². The molecule has 3 aliphatic heterocycles. The van der Waals surface area contributed by atoms with Gasteiger partial charge in [-0.15, -0.1) is 0 Å². The third-order valence-corrected chi connectivity index (χ3v) is 11.2. The van der Waals surface area contributed by atoms with Crippen LogP contribution in [0.15, 0.2) is 36.4 Å². The van der Waals surface area contributed by atoms with Crippen LogP contribution in [0.4, 0.5) is 10.1 Å². The number of likely N-dealkylation sites (tertiary alicyclic amines) is 1. The first-order valence-corrected chi connectivity index (χ1v) is 17.0. The van der Waals surface area contributed by atoms with Gasteiger partial charge < -0.3 is 25.8 Å². The first-order chi connectivity index (χ1) is 22.1. The maximum Gasteiger partial charge on any atom is 0.250 e. The van der Waals surface area contributed by atoms with E-state index in [0.29, 0.717) is 13.1 Å². The van der Waals surface area contributed by atoms with Crippen molar-refractivity contribution in [3.05, 3.63) is 63.4 Å². The molecule has 9 nitrogen and oxygen atoms in total. The number of anilines is 1. The summed E-state index contributed by atoms with van der Waals surface area (Å²) < 4.78 is 14.9. The van der Waals surface area contributed by atoms with Crippen molar-refractivity contribution >= 4 is 52.5 Å². The van der Waals surface area contributed by atoms with Gasteiger partial charge in [-0.05, 0) is 80.3 Å². The molecule has 1 spiro atoms. The fourth-order valence-electron chi connectivity index (χ4n) is 7.49. The Bertz CT molecular complexity index is 1530. The average Bonchev–Trinajstić information content (AvgIpc) is 3.06. The monoisotopic (exact) mass is 671 g/mol. The van der Waals surface area contributed by atoms with Crippen molar-refractivity contribution in [1.29, 1.82) is 0 Å². The molecule has 3 fully saturated rings. The summed E-state index contributed by atoms with van der Waals surface area (Å²) in [6, 6.07) is 9.50. The Morgan fingerprint density at radius 3 is 2.33 bits per heavy atom. The molecule has 3 heterocycles. The highest BCUT2D eigenvalue weighted by atomic mass is 35.5. The molecular formula is C34H40Cl2FN5O4. The van der Waals surface area contributed by atoms with Crippen molar-refractivity contribution in [2.24, 2.45) is 5.41 Å². The van der Waals surface area contributed by atoms with E-state index in [1.807, 2.05) is 29.2 Å². The summed E-state index contributed by atoms with van der Waals surface area (Å²) in [4.78, 5) is 58.3. The normalized spacial score (nSPS) is 21.6. The molecule has 46 heavy (non-hydrogen) atoms. The van der Waals surface area contributed by atoms with Crippen molar-refractivity contribution < 1.29 is 23.6 Å². The Morgan fingerprint density at radius 2 is 1.61 bits per heavy atom. The molecule has 6 rings (SSSR count). The van der Waals surface area contributed by atoms with Crippen LogP contribution in [0.25, 0.3) is 0 Å². The third-order valence-electron chi connectivity index (χ3n) is 10.4. The summed E-state index contributed by atoms with van der Waals surface area (Å²) in [6.07, 6.45) is 6.59. The maximum atomic E-state index is 14.9. The number of halogens is 3. The lowest BCUT2D eigenvalue weighted by atomic mass is 9.64. The molecule has 1 saturated carbocycles. The van der Waals surface area contributed by atoms with Gasteiger partial charge in [0.2, 0.25) is 23.6 Å². The predicted molar refractivity (Wildman–Crippen MR) is 174 cm³/mol.